The van der Waals surface area contributed by atoms with Crippen LogP contribution >= 0.6 is 0 Å². The Balaban J connectivity index is 1.29. The van der Waals surface area contributed by atoms with E-state index in [9.17, 15) is 9.59 Å². The van der Waals surface area contributed by atoms with Gasteiger partial charge in [-0.05, 0) is 51.7 Å². The third-order valence-electron chi connectivity index (χ3n) is 5.90. The summed E-state index contributed by atoms with van der Waals surface area (Å²) < 4.78 is 5.54. The lowest BCUT2D eigenvalue weighted by atomic mass is 9.80. The van der Waals surface area contributed by atoms with Crippen LogP contribution in [0.3, 0.4) is 0 Å². The molecule has 0 atom stereocenters. The number of anilines is 1. The van der Waals surface area contributed by atoms with Gasteiger partial charge in [0.05, 0.1) is 11.1 Å². The minimum absolute atomic E-state index is 0.0573. The summed E-state index contributed by atoms with van der Waals surface area (Å²) in [4.78, 5) is 30.8. The fraction of sp³-hybridized carbons (Fsp3) is 0.524. The van der Waals surface area contributed by atoms with E-state index >= 15 is 0 Å². The first-order valence-corrected chi connectivity index (χ1v) is 10.1. The van der Waals surface area contributed by atoms with Crippen molar-refractivity contribution < 1.29 is 14.3 Å². The van der Waals surface area contributed by atoms with Crippen molar-refractivity contribution >= 4 is 17.8 Å². The number of carbonyl (C=O) groups excluding carboxylic acids is 2. The van der Waals surface area contributed by atoms with Gasteiger partial charge in [0.1, 0.15) is 6.10 Å². The van der Waals surface area contributed by atoms with E-state index in [2.05, 4.69) is 20.5 Å². The van der Waals surface area contributed by atoms with Crippen molar-refractivity contribution in [3.05, 3.63) is 41.9 Å². The number of hydrogen-bond acceptors (Lipinski definition) is 5. The molecule has 0 unspecified atom stereocenters. The van der Waals surface area contributed by atoms with Crippen LogP contribution in [0.2, 0.25) is 0 Å². The van der Waals surface area contributed by atoms with Gasteiger partial charge in [-0.1, -0.05) is 6.07 Å². The van der Waals surface area contributed by atoms with E-state index in [1.807, 2.05) is 38.1 Å². The van der Waals surface area contributed by atoms with E-state index in [1.54, 1.807) is 18.1 Å². The van der Waals surface area contributed by atoms with Crippen LogP contribution in [0.1, 0.15) is 56.8 Å². The number of nitrogens with zero attached hydrogens (tertiary/aromatic N) is 3. The number of H-pyrrole nitrogens is 1. The van der Waals surface area contributed by atoms with E-state index in [0.29, 0.717) is 17.6 Å². The molecule has 2 saturated carbocycles. The zero-order chi connectivity index (χ0) is 20.6. The Hall–Kier alpha value is -2.90. The van der Waals surface area contributed by atoms with E-state index in [4.69, 9.17) is 4.74 Å². The fourth-order valence-corrected chi connectivity index (χ4v) is 3.48. The van der Waals surface area contributed by atoms with Crippen LogP contribution in [0.15, 0.2) is 30.5 Å². The molecule has 0 radical (unpaired) electrons. The van der Waals surface area contributed by atoms with Crippen LogP contribution in [-0.4, -0.2) is 51.3 Å². The van der Waals surface area contributed by atoms with Gasteiger partial charge in [-0.2, -0.15) is 5.10 Å². The molecule has 2 aromatic rings. The first kappa shape index (κ1) is 19.4. The minimum Gasteiger partial charge on any atom is -0.446 e. The monoisotopic (exact) mass is 397 g/mol. The second-order valence-electron chi connectivity index (χ2n) is 8.52. The molecule has 2 heterocycles. The van der Waals surface area contributed by atoms with Crippen molar-refractivity contribution in [2.24, 2.45) is 0 Å². The van der Waals surface area contributed by atoms with Gasteiger partial charge in [0.25, 0.3) is 0 Å². The Bertz CT molecular complexity index is 885. The molecule has 8 heteroatoms. The van der Waals surface area contributed by atoms with Crippen molar-refractivity contribution in [1.29, 1.82) is 0 Å². The summed E-state index contributed by atoms with van der Waals surface area (Å²) in [5.74, 6) is 0.571. The highest BCUT2D eigenvalue weighted by atomic mass is 16.6. The predicted octanol–water partition coefficient (Wildman–Crippen LogP) is 3.20. The van der Waals surface area contributed by atoms with Crippen molar-refractivity contribution in [2.45, 2.75) is 63.0 Å². The van der Waals surface area contributed by atoms with Crippen molar-refractivity contribution in [3.8, 4) is 0 Å². The molecule has 29 heavy (non-hydrogen) atoms. The number of pyridine rings is 1. The van der Waals surface area contributed by atoms with Crippen molar-refractivity contribution in [2.75, 3.05) is 12.4 Å². The van der Waals surface area contributed by atoms with E-state index < -0.39 is 5.41 Å². The fourth-order valence-electron chi connectivity index (χ4n) is 3.48. The second kappa shape index (κ2) is 7.50. The largest absolute Gasteiger partial charge is 0.446 e. The number of hydrogen-bond donors (Lipinski definition) is 2. The Morgan fingerprint density at radius 2 is 2.03 bits per heavy atom. The van der Waals surface area contributed by atoms with Crippen LogP contribution in [-0.2, 0) is 14.9 Å². The SMILES string of the molecule is CN(C(=O)OC1CC(c2cc(NC(=O)C(C)(C)c3ccccn3)n[nH]2)C1)C1CC1. The van der Waals surface area contributed by atoms with Crippen LogP contribution in [0.5, 0.6) is 0 Å². The normalized spacial score (nSPS) is 21.2. The Kier molecular flexibility index (Phi) is 5.02. The highest BCUT2D eigenvalue weighted by molar-refractivity contribution is 5.97. The third-order valence-corrected chi connectivity index (χ3v) is 5.90. The van der Waals surface area contributed by atoms with Gasteiger partial charge in [0.15, 0.2) is 5.82 Å². The highest BCUT2D eigenvalue weighted by Gasteiger charge is 2.38. The molecule has 4 rings (SSSR count). The topological polar surface area (TPSA) is 100 Å². The summed E-state index contributed by atoms with van der Waals surface area (Å²) in [6.45, 7) is 3.67. The average molecular weight is 397 g/mol. The number of carbonyl (C=O) groups is 2. The molecule has 0 aromatic carbocycles. The molecule has 2 N–H and O–H groups in total. The summed E-state index contributed by atoms with van der Waals surface area (Å²) in [6.07, 6.45) is 5.05. The molecular formula is C21H27N5O3. The lowest BCUT2D eigenvalue weighted by molar-refractivity contribution is -0.120. The lowest BCUT2D eigenvalue weighted by Gasteiger charge is -2.34. The van der Waals surface area contributed by atoms with E-state index in [-0.39, 0.29) is 24.0 Å². The molecule has 0 bridgehead atoms. The number of aromatic nitrogens is 3. The molecule has 0 spiro atoms. The Labute approximate surface area is 170 Å². The number of amides is 2. The molecule has 2 aromatic heterocycles. The first-order valence-electron chi connectivity index (χ1n) is 10.1. The molecular weight excluding hydrogens is 370 g/mol. The number of aromatic amines is 1. The number of ether oxygens (including phenoxy) is 1. The highest BCUT2D eigenvalue weighted by Crippen LogP contribution is 2.39. The van der Waals surface area contributed by atoms with Crippen molar-refractivity contribution in [1.82, 2.24) is 20.1 Å². The smallest absolute Gasteiger partial charge is 0.410 e. The molecule has 0 saturated heterocycles. The van der Waals surface area contributed by atoms with Crippen molar-refractivity contribution in [3.63, 3.8) is 0 Å². The standard InChI is InChI=1S/C21H27N5O3/c1-21(2,17-6-4-5-9-22-17)19(27)23-18-12-16(24-25-18)13-10-15(11-13)29-20(28)26(3)14-7-8-14/h4-6,9,12-15H,7-8,10-11H2,1-3H3,(H2,23,24,25,27). The van der Waals surface area contributed by atoms with Crippen LogP contribution < -0.4 is 5.32 Å². The predicted molar refractivity (Wildman–Crippen MR) is 108 cm³/mol. The molecule has 2 fully saturated rings. The van der Waals surface area contributed by atoms with Gasteiger partial charge in [0.2, 0.25) is 5.91 Å². The lowest BCUT2D eigenvalue weighted by Crippen LogP contribution is -2.38. The van der Waals surface area contributed by atoms with Gasteiger partial charge in [-0.25, -0.2) is 4.79 Å². The van der Waals surface area contributed by atoms with Gasteiger partial charge >= 0.3 is 6.09 Å². The maximum absolute atomic E-state index is 12.7. The average Bonchev–Trinajstić information content (AvgIpc) is 3.44. The maximum atomic E-state index is 12.7. The third kappa shape index (κ3) is 4.11. The Morgan fingerprint density at radius 1 is 1.28 bits per heavy atom. The number of rotatable bonds is 6. The van der Waals surface area contributed by atoms with Gasteiger partial charge in [-0.3, -0.25) is 14.9 Å². The summed E-state index contributed by atoms with van der Waals surface area (Å²) in [6, 6.07) is 7.74. The van der Waals surface area contributed by atoms with Crippen LogP contribution in [0.4, 0.5) is 10.6 Å². The molecule has 8 nitrogen and oxygen atoms in total. The molecule has 0 aliphatic heterocycles. The summed E-state index contributed by atoms with van der Waals surface area (Å²) >= 11 is 0. The quantitative estimate of drug-likeness (QED) is 0.780. The summed E-state index contributed by atoms with van der Waals surface area (Å²) in [5.41, 5.74) is 0.871. The van der Waals surface area contributed by atoms with Crippen LogP contribution in [0, 0.1) is 0 Å². The van der Waals surface area contributed by atoms with Gasteiger partial charge < -0.3 is 15.0 Å². The van der Waals surface area contributed by atoms with Crippen LogP contribution in [0.25, 0.3) is 0 Å². The van der Waals surface area contributed by atoms with Gasteiger partial charge in [-0.15, -0.1) is 0 Å². The molecule has 2 amide bonds. The van der Waals surface area contributed by atoms with E-state index in [1.165, 1.54) is 0 Å². The van der Waals surface area contributed by atoms with Gasteiger partial charge in [0, 0.05) is 37.0 Å². The summed E-state index contributed by atoms with van der Waals surface area (Å²) in [5, 5.41) is 10.1. The first-order chi connectivity index (χ1) is 13.8. The summed E-state index contributed by atoms with van der Waals surface area (Å²) in [7, 11) is 1.80. The molecule has 2 aliphatic rings. The zero-order valence-corrected chi connectivity index (χ0v) is 17.0. The molecule has 2 aliphatic carbocycles. The molecule has 154 valence electrons. The second-order valence-corrected chi connectivity index (χ2v) is 8.52. The Morgan fingerprint density at radius 3 is 2.69 bits per heavy atom. The number of nitrogens with one attached hydrogen (secondary N) is 2. The van der Waals surface area contributed by atoms with E-state index in [0.717, 1.165) is 31.4 Å². The maximum Gasteiger partial charge on any atom is 0.410 e. The minimum atomic E-state index is -0.774. The zero-order valence-electron chi connectivity index (χ0n) is 17.0.